The van der Waals surface area contributed by atoms with Gasteiger partial charge in [-0.15, -0.1) is 0 Å². The molecule has 0 saturated heterocycles. The third-order valence-corrected chi connectivity index (χ3v) is 1.91. The second kappa shape index (κ2) is 6.36. The van der Waals surface area contributed by atoms with Crippen molar-refractivity contribution in [3.8, 4) is 0 Å². The predicted octanol–water partition coefficient (Wildman–Crippen LogP) is 0.428. The molecule has 0 fully saturated rings. The number of carbonyl (C=O) groups is 3. The number of nitrogens with one attached hydrogen (secondary N) is 2. The SMILES string of the molecule is CC(=O)c1cccc(NC(=O)NOCC(N)=O)c1. The Balaban J connectivity index is 2.51. The van der Waals surface area contributed by atoms with E-state index in [2.05, 4.69) is 10.2 Å². The highest BCUT2D eigenvalue weighted by Crippen LogP contribution is 2.10. The van der Waals surface area contributed by atoms with Gasteiger partial charge in [-0.05, 0) is 19.1 Å². The maximum atomic E-state index is 11.3. The fraction of sp³-hybridized carbons (Fsp3) is 0.182. The lowest BCUT2D eigenvalue weighted by molar-refractivity contribution is -0.124. The topological polar surface area (TPSA) is 111 Å². The van der Waals surface area contributed by atoms with Crippen molar-refractivity contribution < 1.29 is 19.2 Å². The summed E-state index contributed by atoms with van der Waals surface area (Å²) in [5.41, 5.74) is 7.70. The van der Waals surface area contributed by atoms with E-state index in [1.54, 1.807) is 18.2 Å². The molecule has 0 radical (unpaired) electrons. The number of hydroxylamine groups is 1. The largest absolute Gasteiger partial charge is 0.368 e. The van der Waals surface area contributed by atoms with Gasteiger partial charge in [0.2, 0.25) is 5.91 Å². The fourth-order valence-electron chi connectivity index (χ4n) is 1.15. The minimum Gasteiger partial charge on any atom is -0.368 e. The van der Waals surface area contributed by atoms with Gasteiger partial charge in [0.1, 0.15) is 0 Å². The normalized spacial score (nSPS) is 9.61. The number of hydrogen-bond acceptors (Lipinski definition) is 4. The van der Waals surface area contributed by atoms with E-state index in [4.69, 9.17) is 5.73 Å². The number of amides is 3. The van der Waals surface area contributed by atoms with Gasteiger partial charge in [0, 0.05) is 11.3 Å². The van der Waals surface area contributed by atoms with Crippen molar-refractivity contribution in [1.29, 1.82) is 0 Å². The first-order valence-electron chi connectivity index (χ1n) is 5.07. The number of carbonyl (C=O) groups excluding carboxylic acids is 3. The predicted molar refractivity (Wildman–Crippen MR) is 63.7 cm³/mol. The summed E-state index contributed by atoms with van der Waals surface area (Å²) in [6.45, 7) is 1.01. The summed E-state index contributed by atoms with van der Waals surface area (Å²) in [6, 6.07) is 5.73. The van der Waals surface area contributed by atoms with E-state index in [1.807, 2.05) is 5.48 Å². The van der Waals surface area contributed by atoms with Crippen molar-refractivity contribution in [1.82, 2.24) is 5.48 Å². The van der Waals surface area contributed by atoms with E-state index >= 15 is 0 Å². The molecule has 1 aromatic rings. The van der Waals surface area contributed by atoms with Crippen LogP contribution in [0.1, 0.15) is 17.3 Å². The van der Waals surface area contributed by atoms with Gasteiger partial charge in [0.15, 0.2) is 12.4 Å². The molecule has 1 rings (SSSR count). The van der Waals surface area contributed by atoms with Crippen molar-refractivity contribution in [2.24, 2.45) is 5.73 Å². The van der Waals surface area contributed by atoms with Crippen LogP contribution in [0.15, 0.2) is 24.3 Å². The molecule has 0 aliphatic rings. The molecule has 7 heteroatoms. The van der Waals surface area contributed by atoms with Crippen molar-refractivity contribution in [2.75, 3.05) is 11.9 Å². The van der Waals surface area contributed by atoms with Gasteiger partial charge in [-0.1, -0.05) is 12.1 Å². The summed E-state index contributed by atoms with van der Waals surface area (Å²) in [6.07, 6.45) is 0. The first-order chi connectivity index (χ1) is 8.49. The van der Waals surface area contributed by atoms with E-state index in [-0.39, 0.29) is 5.78 Å². The Labute approximate surface area is 103 Å². The number of hydrogen-bond donors (Lipinski definition) is 3. The number of urea groups is 1. The Morgan fingerprint density at radius 2 is 2.06 bits per heavy atom. The van der Waals surface area contributed by atoms with Crippen LogP contribution in [-0.2, 0) is 9.63 Å². The molecule has 1 aromatic carbocycles. The van der Waals surface area contributed by atoms with Crippen molar-refractivity contribution >= 4 is 23.4 Å². The second-order valence-electron chi connectivity index (χ2n) is 3.45. The summed E-state index contributed by atoms with van der Waals surface area (Å²) in [5, 5.41) is 2.43. The van der Waals surface area contributed by atoms with Crippen LogP contribution < -0.4 is 16.5 Å². The van der Waals surface area contributed by atoms with E-state index in [1.165, 1.54) is 13.0 Å². The molecule has 0 bridgehead atoms. The minimum atomic E-state index is -0.700. The van der Waals surface area contributed by atoms with Crippen LogP contribution in [0.4, 0.5) is 10.5 Å². The van der Waals surface area contributed by atoms with Crippen LogP contribution in [0.25, 0.3) is 0 Å². The van der Waals surface area contributed by atoms with Crippen LogP contribution >= 0.6 is 0 Å². The van der Waals surface area contributed by atoms with Crippen molar-refractivity contribution in [3.63, 3.8) is 0 Å². The zero-order valence-electron chi connectivity index (χ0n) is 9.73. The summed E-state index contributed by atoms with van der Waals surface area (Å²) < 4.78 is 0. The fourth-order valence-corrected chi connectivity index (χ4v) is 1.15. The average Bonchev–Trinajstić information content (AvgIpc) is 2.28. The zero-order valence-corrected chi connectivity index (χ0v) is 9.73. The monoisotopic (exact) mass is 251 g/mol. The first-order valence-corrected chi connectivity index (χ1v) is 5.07. The van der Waals surface area contributed by atoms with Crippen molar-refractivity contribution in [2.45, 2.75) is 6.92 Å². The molecule has 0 spiro atoms. The van der Waals surface area contributed by atoms with Gasteiger partial charge >= 0.3 is 6.03 Å². The third kappa shape index (κ3) is 4.62. The lowest BCUT2D eigenvalue weighted by Crippen LogP contribution is -2.32. The highest BCUT2D eigenvalue weighted by atomic mass is 16.7. The zero-order chi connectivity index (χ0) is 13.5. The number of rotatable bonds is 5. The average molecular weight is 251 g/mol. The number of Topliss-reactive ketones (excluding diaryl/α,β-unsaturated/α-hetero) is 1. The molecule has 3 amide bonds. The van der Waals surface area contributed by atoms with E-state index in [0.29, 0.717) is 11.3 Å². The van der Waals surface area contributed by atoms with Gasteiger partial charge in [0.05, 0.1) is 0 Å². The molecule has 0 aliphatic heterocycles. The Kier molecular flexibility index (Phi) is 4.82. The molecule has 0 heterocycles. The number of anilines is 1. The Bertz CT molecular complexity index is 473. The van der Waals surface area contributed by atoms with Crippen LogP contribution in [0.2, 0.25) is 0 Å². The molecule has 0 saturated carbocycles. The molecular formula is C11H13N3O4. The standard InChI is InChI=1S/C11H13N3O4/c1-7(15)8-3-2-4-9(5-8)13-11(17)14-18-6-10(12)16/h2-5H,6H2,1H3,(H2,12,16)(H2,13,14,17). The van der Waals surface area contributed by atoms with Crippen LogP contribution in [0, 0.1) is 0 Å². The molecule has 0 atom stereocenters. The van der Waals surface area contributed by atoms with Crippen LogP contribution in [-0.4, -0.2) is 24.3 Å². The summed E-state index contributed by atoms with van der Waals surface area (Å²) in [7, 11) is 0. The van der Waals surface area contributed by atoms with Gasteiger partial charge in [-0.2, -0.15) is 0 Å². The highest BCUT2D eigenvalue weighted by Gasteiger charge is 2.04. The minimum absolute atomic E-state index is 0.107. The number of ketones is 1. The number of primary amides is 1. The van der Waals surface area contributed by atoms with Crippen LogP contribution in [0.3, 0.4) is 0 Å². The van der Waals surface area contributed by atoms with Gasteiger partial charge in [-0.25, -0.2) is 10.3 Å². The second-order valence-corrected chi connectivity index (χ2v) is 3.45. The maximum absolute atomic E-state index is 11.3. The van der Waals surface area contributed by atoms with E-state index in [0.717, 1.165) is 0 Å². The number of benzene rings is 1. The smallest absolute Gasteiger partial charge is 0.343 e. The Hall–Kier alpha value is -2.41. The quantitative estimate of drug-likeness (QED) is 0.520. The van der Waals surface area contributed by atoms with Gasteiger partial charge in [-0.3, -0.25) is 14.4 Å². The van der Waals surface area contributed by atoms with E-state index in [9.17, 15) is 14.4 Å². The Morgan fingerprint density at radius 3 is 2.67 bits per heavy atom. The molecular weight excluding hydrogens is 238 g/mol. The van der Waals surface area contributed by atoms with E-state index < -0.39 is 18.5 Å². The molecule has 18 heavy (non-hydrogen) atoms. The maximum Gasteiger partial charge on any atom is 0.343 e. The molecule has 96 valence electrons. The van der Waals surface area contributed by atoms with Crippen molar-refractivity contribution in [3.05, 3.63) is 29.8 Å². The number of nitrogens with two attached hydrogens (primary N) is 1. The molecule has 4 N–H and O–H groups in total. The third-order valence-electron chi connectivity index (χ3n) is 1.91. The molecule has 0 unspecified atom stereocenters. The first kappa shape index (κ1) is 13.7. The lowest BCUT2D eigenvalue weighted by atomic mass is 10.1. The summed E-state index contributed by atoms with van der Waals surface area (Å²) in [4.78, 5) is 37.3. The van der Waals surface area contributed by atoms with Gasteiger partial charge < -0.3 is 11.1 Å². The highest BCUT2D eigenvalue weighted by molar-refractivity contribution is 5.96. The molecule has 0 aliphatic carbocycles. The van der Waals surface area contributed by atoms with Gasteiger partial charge in [0.25, 0.3) is 0 Å². The van der Waals surface area contributed by atoms with Crippen LogP contribution in [0.5, 0.6) is 0 Å². The summed E-state index contributed by atoms with van der Waals surface area (Å²) in [5.74, 6) is -0.807. The summed E-state index contributed by atoms with van der Waals surface area (Å²) >= 11 is 0. The lowest BCUT2D eigenvalue weighted by Gasteiger charge is -2.07. The Morgan fingerprint density at radius 1 is 1.33 bits per heavy atom. The molecule has 7 nitrogen and oxygen atoms in total. The molecule has 0 aromatic heterocycles.